The van der Waals surface area contributed by atoms with E-state index in [4.69, 9.17) is 4.74 Å². The van der Waals surface area contributed by atoms with Crippen LogP contribution in [0, 0.1) is 6.92 Å². The van der Waals surface area contributed by atoms with E-state index in [1.165, 1.54) is 0 Å². The Hall–Kier alpha value is 0.320. The molecule has 1 rings (SSSR count). The highest BCUT2D eigenvalue weighted by atomic mass is 127. The van der Waals surface area contributed by atoms with Crippen molar-refractivity contribution in [1.82, 2.24) is 9.55 Å². The van der Waals surface area contributed by atoms with Gasteiger partial charge in [0.15, 0.2) is 0 Å². The fourth-order valence-corrected chi connectivity index (χ4v) is 4.20. The first-order valence-corrected chi connectivity index (χ1v) is 8.76. The molecule has 1 aromatic rings. The lowest BCUT2D eigenvalue weighted by molar-refractivity contribution is 0.0524. The van der Waals surface area contributed by atoms with Crippen LogP contribution in [0.4, 0.5) is 0 Å². The van der Waals surface area contributed by atoms with Gasteiger partial charge in [-0.05, 0) is 51.8 Å². The summed E-state index contributed by atoms with van der Waals surface area (Å²) in [7, 11) is 0. The molecule has 0 amide bonds. The molecule has 1 unspecified atom stereocenters. The summed E-state index contributed by atoms with van der Waals surface area (Å²) in [5.41, 5.74) is 1.22. The van der Waals surface area contributed by atoms with Gasteiger partial charge in [-0.25, -0.2) is 9.25 Å². The first kappa shape index (κ1) is 12.4. The normalized spacial score (nSPS) is 11.1. The van der Waals surface area contributed by atoms with Crippen LogP contribution in [-0.2, 0) is 4.74 Å². The molecule has 4 nitrogen and oxygen atoms in total. The Morgan fingerprint density at radius 2 is 2.43 bits per heavy atom. The van der Waals surface area contributed by atoms with Gasteiger partial charge >= 0.3 is 5.97 Å². The molecular formula is C7H9BrIN2O2P. The van der Waals surface area contributed by atoms with Crippen LogP contribution in [-0.4, -0.2) is 22.1 Å². The quantitative estimate of drug-likeness (QED) is 0.453. The number of ether oxygens (including phenoxy) is 1. The number of rotatable bonds is 3. The Labute approximate surface area is 105 Å². The van der Waals surface area contributed by atoms with Gasteiger partial charge in [0.25, 0.3) is 0 Å². The van der Waals surface area contributed by atoms with Crippen molar-refractivity contribution in [3.8, 4) is 0 Å². The van der Waals surface area contributed by atoms with E-state index in [2.05, 4.69) is 43.1 Å². The number of aromatic nitrogens is 2. The number of esters is 1. The fraction of sp³-hybridized carbons (Fsp3) is 0.429. The van der Waals surface area contributed by atoms with E-state index in [0.29, 0.717) is 28.8 Å². The minimum Gasteiger partial charge on any atom is -0.462 e. The molecule has 1 atom stereocenters. The van der Waals surface area contributed by atoms with Crippen LogP contribution < -0.4 is 0 Å². The minimum absolute atomic E-state index is 0.322. The molecule has 0 aromatic carbocycles. The molecule has 0 N–H and O–H groups in total. The largest absolute Gasteiger partial charge is 0.462 e. The van der Waals surface area contributed by atoms with Crippen molar-refractivity contribution >= 4 is 50.3 Å². The maximum absolute atomic E-state index is 11.5. The highest BCUT2D eigenvalue weighted by molar-refractivity contribution is 14.2. The maximum Gasteiger partial charge on any atom is 0.342 e. The fourth-order valence-electron chi connectivity index (χ4n) is 0.990. The van der Waals surface area contributed by atoms with Gasteiger partial charge in [-0.1, -0.05) is 0 Å². The third kappa shape index (κ3) is 2.46. The SMILES string of the molecule is CCOC(=O)c1c(C)nn(PI)c1Br. The molecule has 0 aliphatic carbocycles. The lowest BCUT2D eigenvalue weighted by Gasteiger charge is -2.00. The highest BCUT2D eigenvalue weighted by Gasteiger charge is 2.20. The van der Waals surface area contributed by atoms with Gasteiger partial charge in [0, 0.05) is 0 Å². The second-order valence-electron chi connectivity index (χ2n) is 2.47. The molecule has 0 saturated carbocycles. The zero-order valence-corrected chi connectivity index (χ0v) is 12.4. The molecule has 1 heterocycles. The van der Waals surface area contributed by atoms with Gasteiger partial charge in [0.2, 0.25) is 0 Å². The molecule has 0 radical (unpaired) electrons. The summed E-state index contributed by atoms with van der Waals surface area (Å²) < 4.78 is 7.36. The van der Waals surface area contributed by atoms with Gasteiger partial charge < -0.3 is 4.74 Å². The first-order valence-electron chi connectivity index (χ1n) is 3.90. The molecule has 0 spiro atoms. The third-order valence-corrected chi connectivity index (χ3v) is 4.48. The second-order valence-corrected chi connectivity index (χ2v) is 5.26. The Morgan fingerprint density at radius 3 is 2.86 bits per heavy atom. The number of hydrogen-bond donors (Lipinski definition) is 0. The topological polar surface area (TPSA) is 44.1 Å². The van der Waals surface area contributed by atoms with E-state index in [1.54, 1.807) is 18.3 Å². The number of aryl methyl sites for hydroxylation is 1. The van der Waals surface area contributed by atoms with Gasteiger partial charge in [-0.2, -0.15) is 5.10 Å². The summed E-state index contributed by atoms with van der Waals surface area (Å²) in [6, 6.07) is 0. The monoisotopic (exact) mass is 390 g/mol. The maximum atomic E-state index is 11.5. The van der Waals surface area contributed by atoms with E-state index >= 15 is 0 Å². The smallest absolute Gasteiger partial charge is 0.342 e. The Bertz CT molecular complexity index is 356. The number of hydrogen-bond acceptors (Lipinski definition) is 3. The van der Waals surface area contributed by atoms with Crippen molar-refractivity contribution in [2.24, 2.45) is 0 Å². The van der Waals surface area contributed by atoms with Crippen molar-refractivity contribution in [2.75, 3.05) is 6.61 Å². The molecular weight excluding hydrogens is 382 g/mol. The number of nitrogens with zero attached hydrogens (tertiary/aromatic N) is 2. The third-order valence-electron chi connectivity index (χ3n) is 1.56. The number of carbonyl (C=O) groups is 1. The zero-order valence-electron chi connectivity index (χ0n) is 7.67. The van der Waals surface area contributed by atoms with Crippen LogP contribution in [0.1, 0.15) is 23.0 Å². The lowest BCUT2D eigenvalue weighted by atomic mass is 10.3. The Balaban J connectivity index is 3.07. The van der Waals surface area contributed by atoms with E-state index < -0.39 is 0 Å². The molecule has 14 heavy (non-hydrogen) atoms. The summed E-state index contributed by atoms with van der Waals surface area (Å²) in [5.74, 6) is -0.322. The van der Waals surface area contributed by atoms with Crippen molar-refractivity contribution in [1.29, 1.82) is 0 Å². The number of carbonyl (C=O) groups excluding carboxylic acids is 1. The number of halogens is 2. The van der Waals surface area contributed by atoms with Gasteiger partial charge in [0.05, 0.1) is 18.7 Å². The van der Waals surface area contributed by atoms with E-state index in [1.807, 2.05) is 0 Å². The summed E-state index contributed by atoms with van der Waals surface area (Å²) in [6.45, 7) is 3.96. The lowest BCUT2D eigenvalue weighted by Crippen LogP contribution is -2.05. The van der Waals surface area contributed by atoms with Crippen LogP contribution in [0.25, 0.3) is 0 Å². The molecule has 7 heteroatoms. The van der Waals surface area contributed by atoms with Crippen LogP contribution in [0.2, 0.25) is 0 Å². The Kier molecular flexibility index (Phi) is 4.79. The molecule has 1 aromatic heterocycles. The molecule has 0 fully saturated rings. The van der Waals surface area contributed by atoms with Crippen molar-refractivity contribution in [3.63, 3.8) is 0 Å². The average molecular weight is 391 g/mol. The minimum atomic E-state index is -0.322. The van der Waals surface area contributed by atoms with Gasteiger partial charge in [-0.3, -0.25) is 0 Å². The molecule has 0 saturated heterocycles. The van der Waals surface area contributed by atoms with Crippen LogP contribution >= 0.6 is 44.3 Å². The second kappa shape index (κ2) is 5.42. The van der Waals surface area contributed by atoms with Crippen molar-refractivity contribution < 1.29 is 9.53 Å². The molecule has 0 aliphatic rings. The summed E-state index contributed by atoms with van der Waals surface area (Å²) in [6.07, 6.45) is 0.462. The van der Waals surface area contributed by atoms with Crippen LogP contribution in [0.3, 0.4) is 0 Å². The van der Waals surface area contributed by atoms with E-state index in [0.717, 1.165) is 0 Å². The zero-order chi connectivity index (χ0) is 10.7. The predicted molar refractivity (Wildman–Crippen MR) is 68.4 cm³/mol. The van der Waals surface area contributed by atoms with Crippen LogP contribution in [0.5, 0.6) is 0 Å². The predicted octanol–water partition coefficient (Wildman–Crippen LogP) is 2.92. The summed E-state index contributed by atoms with van der Waals surface area (Å²) in [5, 5.41) is 4.21. The van der Waals surface area contributed by atoms with Gasteiger partial charge in [-0.15, -0.1) is 0 Å². The van der Waals surface area contributed by atoms with Crippen molar-refractivity contribution in [2.45, 2.75) is 13.8 Å². The summed E-state index contributed by atoms with van der Waals surface area (Å²) in [4.78, 5) is 11.5. The first-order chi connectivity index (χ1) is 6.61. The molecule has 78 valence electrons. The van der Waals surface area contributed by atoms with Gasteiger partial charge in [0.1, 0.15) is 10.2 Å². The van der Waals surface area contributed by atoms with Crippen LogP contribution in [0.15, 0.2) is 4.60 Å². The van der Waals surface area contributed by atoms with E-state index in [-0.39, 0.29) is 5.97 Å². The standard InChI is InChI=1S/C7H9BrIN2O2P/c1-3-13-7(12)5-4(2)10-11(14-9)6(5)8/h14H,3H2,1-2H3. The summed E-state index contributed by atoms with van der Waals surface area (Å²) >= 11 is 5.53. The average Bonchev–Trinajstić information content (AvgIpc) is 2.41. The molecule has 0 bridgehead atoms. The van der Waals surface area contributed by atoms with Crippen molar-refractivity contribution in [3.05, 3.63) is 15.9 Å². The molecule has 0 aliphatic heterocycles. The highest BCUT2D eigenvalue weighted by Crippen LogP contribution is 2.32. The van der Waals surface area contributed by atoms with E-state index in [9.17, 15) is 4.79 Å². The Morgan fingerprint density at radius 1 is 1.79 bits per heavy atom.